The number of hydrogen-bond acceptors (Lipinski definition) is 0. The minimum absolute atomic E-state index is 0. The van der Waals surface area contributed by atoms with Crippen LogP contribution in [0, 0.1) is 0 Å². The van der Waals surface area contributed by atoms with E-state index in [1.807, 2.05) is 0 Å². The molecule has 68 valence electrons. The van der Waals surface area contributed by atoms with Crippen molar-refractivity contribution in [3.63, 3.8) is 0 Å². The molecule has 0 N–H and O–H groups in total. The van der Waals surface area contributed by atoms with Crippen molar-refractivity contribution in [2.45, 2.75) is 33.1 Å². The molecule has 0 aliphatic heterocycles. The summed E-state index contributed by atoms with van der Waals surface area (Å²) in [6.07, 6.45) is 12.1. The van der Waals surface area contributed by atoms with Gasteiger partial charge in [0.25, 0.3) is 0 Å². The molecule has 0 atom stereocenters. The number of halogens is 2. The Bertz CT molecular complexity index is 83.7. The Hall–Kier alpha value is 0.440. The lowest BCUT2D eigenvalue weighted by Gasteiger charge is -1.68. The molecule has 0 aromatic carbocycles. The Morgan fingerprint density at radius 1 is 0.909 bits per heavy atom. The fourth-order valence-corrected chi connectivity index (χ4v) is 0.393. The highest BCUT2D eigenvalue weighted by Gasteiger charge is 1.72. The molecular weight excluding hydrogens is 268 g/mol. The molecule has 0 nitrogen and oxygen atoms in total. The lowest BCUT2D eigenvalue weighted by atomic mass is 10.4. The van der Waals surface area contributed by atoms with E-state index >= 15 is 0 Å². The zero-order chi connectivity index (χ0) is 6.95. The largest absolute Gasteiger partial charge is 0.114 e. The van der Waals surface area contributed by atoms with E-state index in [-0.39, 0.29) is 34.0 Å². The maximum absolute atomic E-state index is 2.18. The quantitative estimate of drug-likeness (QED) is 0.667. The monoisotopic (exact) mass is 284 g/mol. The molecule has 0 bridgehead atoms. The smallest absolute Gasteiger partial charge is 0.0163 e. The van der Waals surface area contributed by atoms with E-state index in [9.17, 15) is 0 Å². The van der Waals surface area contributed by atoms with Gasteiger partial charge in [-0.25, -0.2) is 0 Å². The van der Waals surface area contributed by atoms with Gasteiger partial charge >= 0.3 is 0 Å². The van der Waals surface area contributed by atoms with E-state index in [2.05, 4.69) is 38.2 Å². The first-order valence-electron chi connectivity index (χ1n) is 3.73. The minimum atomic E-state index is 0. The second-order valence-corrected chi connectivity index (χ2v) is 2.09. The Morgan fingerprint density at radius 2 is 1.27 bits per heavy atom. The number of allylic oxidation sites excluding steroid dienone is 4. The topological polar surface area (TPSA) is 0 Å². The van der Waals surface area contributed by atoms with Crippen LogP contribution < -0.4 is 0 Å². The van der Waals surface area contributed by atoms with Gasteiger partial charge in [-0.15, -0.1) is 34.0 Å². The van der Waals surface area contributed by atoms with Gasteiger partial charge in [0, 0.05) is 0 Å². The molecule has 0 aromatic rings. The van der Waals surface area contributed by atoms with Crippen LogP contribution in [0.25, 0.3) is 0 Å². The third kappa shape index (κ3) is 17.9. The summed E-state index contributed by atoms with van der Waals surface area (Å²) in [5, 5.41) is 0. The van der Waals surface area contributed by atoms with Crippen molar-refractivity contribution >= 4 is 34.0 Å². The first-order chi connectivity index (χ1) is 4.41. The van der Waals surface area contributed by atoms with Gasteiger partial charge in [-0.1, -0.05) is 51.0 Å². The highest BCUT2D eigenvalue weighted by atomic mass is 79.9. The molecule has 1 aliphatic rings. The van der Waals surface area contributed by atoms with Gasteiger partial charge in [-0.05, 0) is 6.42 Å². The highest BCUT2D eigenvalue weighted by molar-refractivity contribution is 8.93. The van der Waals surface area contributed by atoms with Crippen LogP contribution in [0.4, 0.5) is 0 Å². The highest BCUT2D eigenvalue weighted by Crippen LogP contribution is 1.93. The Morgan fingerprint density at radius 3 is 1.36 bits per heavy atom. The van der Waals surface area contributed by atoms with Crippen molar-refractivity contribution in [2.75, 3.05) is 0 Å². The summed E-state index contributed by atoms with van der Waals surface area (Å²) >= 11 is 0. The Kier molecular flexibility index (Phi) is 26.7. The summed E-state index contributed by atoms with van der Waals surface area (Å²) in [4.78, 5) is 0. The number of hydrogen-bond donors (Lipinski definition) is 0. The summed E-state index contributed by atoms with van der Waals surface area (Å²) in [7, 11) is 0. The average Bonchev–Trinajstić information content (AvgIpc) is 2.43. The predicted molar refractivity (Wildman–Crippen MR) is 64.1 cm³/mol. The maximum atomic E-state index is 2.18. The van der Waals surface area contributed by atoms with E-state index in [4.69, 9.17) is 0 Å². The average molecular weight is 286 g/mol. The van der Waals surface area contributed by atoms with Gasteiger partial charge in [0.15, 0.2) is 0 Å². The van der Waals surface area contributed by atoms with Crippen LogP contribution in [0.5, 0.6) is 0 Å². The standard InChI is InChI=1S/C5H6.C4H10.2BrH/c1-2-4-5-3-1;1-3-4-2;;/h1-4H,5H2;3-4H2,1-2H3;2*1H. The summed E-state index contributed by atoms with van der Waals surface area (Å²) in [5.41, 5.74) is 0. The predicted octanol–water partition coefficient (Wildman–Crippen LogP) is 4.46. The van der Waals surface area contributed by atoms with Gasteiger partial charge in [-0.3, -0.25) is 0 Å². The second kappa shape index (κ2) is 16.8. The fraction of sp³-hybridized carbons (Fsp3) is 0.556. The molecule has 0 spiro atoms. The van der Waals surface area contributed by atoms with Crippen LogP contribution in [-0.4, -0.2) is 0 Å². The summed E-state index contributed by atoms with van der Waals surface area (Å²) in [6.45, 7) is 4.36. The fourth-order valence-electron chi connectivity index (χ4n) is 0.393. The zero-order valence-electron chi connectivity index (χ0n) is 7.25. The van der Waals surface area contributed by atoms with Gasteiger partial charge in [0.05, 0.1) is 0 Å². The van der Waals surface area contributed by atoms with Crippen LogP contribution in [0.2, 0.25) is 0 Å². The molecule has 1 aliphatic carbocycles. The molecule has 11 heavy (non-hydrogen) atoms. The Labute approximate surface area is 91.3 Å². The van der Waals surface area contributed by atoms with Gasteiger partial charge in [0.1, 0.15) is 0 Å². The second-order valence-electron chi connectivity index (χ2n) is 2.09. The molecular formula is C9H18Br2. The molecule has 0 fully saturated rings. The summed E-state index contributed by atoms with van der Waals surface area (Å²) in [6, 6.07) is 0. The van der Waals surface area contributed by atoms with E-state index in [1.54, 1.807) is 0 Å². The Balaban J connectivity index is -0.000000101. The van der Waals surface area contributed by atoms with Gasteiger partial charge in [0.2, 0.25) is 0 Å². The van der Waals surface area contributed by atoms with Crippen molar-refractivity contribution in [1.82, 2.24) is 0 Å². The maximum Gasteiger partial charge on any atom is -0.0163 e. The molecule has 0 unspecified atom stereocenters. The molecule has 2 heteroatoms. The van der Waals surface area contributed by atoms with Crippen LogP contribution in [0.1, 0.15) is 33.1 Å². The molecule has 0 radical (unpaired) electrons. The van der Waals surface area contributed by atoms with Gasteiger partial charge in [-0.2, -0.15) is 0 Å². The number of rotatable bonds is 1. The van der Waals surface area contributed by atoms with E-state index in [0.29, 0.717) is 0 Å². The SMILES string of the molecule is Br.Br.C1=CCC=C1.CCCC. The molecule has 0 amide bonds. The first-order valence-corrected chi connectivity index (χ1v) is 3.73. The van der Waals surface area contributed by atoms with Crippen molar-refractivity contribution in [3.8, 4) is 0 Å². The molecule has 0 saturated carbocycles. The molecule has 0 saturated heterocycles. The minimum Gasteiger partial charge on any atom is -0.114 e. The van der Waals surface area contributed by atoms with Crippen molar-refractivity contribution in [3.05, 3.63) is 24.3 Å². The van der Waals surface area contributed by atoms with Gasteiger partial charge < -0.3 is 0 Å². The van der Waals surface area contributed by atoms with Crippen molar-refractivity contribution in [1.29, 1.82) is 0 Å². The third-order valence-electron chi connectivity index (χ3n) is 1.16. The zero-order valence-corrected chi connectivity index (χ0v) is 10.7. The van der Waals surface area contributed by atoms with Crippen LogP contribution in [0.3, 0.4) is 0 Å². The van der Waals surface area contributed by atoms with Crippen molar-refractivity contribution in [2.24, 2.45) is 0 Å². The normalized spacial score (nSPS) is 10.7. The van der Waals surface area contributed by atoms with Crippen LogP contribution in [-0.2, 0) is 0 Å². The summed E-state index contributed by atoms with van der Waals surface area (Å²) in [5.74, 6) is 0. The lowest BCUT2D eigenvalue weighted by Crippen LogP contribution is -1.47. The van der Waals surface area contributed by atoms with E-state index < -0.39 is 0 Å². The van der Waals surface area contributed by atoms with E-state index in [1.165, 1.54) is 12.8 Å². The van der Waals surface area contributed by atoms with Crippen LogP contribution in [0.15, 0.2) is 24.3 Å². The van der Waals surface area contributed by atoms with Crippen LogP contribution >= 0.6 is 34.0 Å². The molecule has 1 rings (SSSR count). The first kappa shape index (κ1) is 17.5. The lowest BCUT2D eigenvalue weighted by molar-refractivity contribution is 0.886. The van der Waals surface area contributed by atoms with Crippen molar-refractivity contribution < 1.29 is 0 Å². The molecule has 0 aromatic heterocycles. The van der Waals surface area contributed by atoms with E-state index in [0.717, 1.165) is 6.42 Å². The molecule has 0 heterocycles. The summed E-state index contributed by atoms with van der Waals surface area (Å²) < 4.78 is 0. The third-order valence-corrected chi connectivity index (χ3v) is 1.16. The number of unbranched alkanes of at least 4 members (excludes halogenated alkanes) is 1.